The van der Waals surface area contributed by atoms with Gasteiger partial charge in [0, 0.05) is 17.0 Å². The molecule has 1 saturated carbocycles. The SMILES string of the molecule is Cc1c(C(=O)C(C(=O)OC(C)(C)C)C(=O)C2CC2)ccc2c1OCO2. The Morgan fingerprint density at radius 3 is 2.44 bits per heavy atom. The normalized spacial score (nSPS) is 17.1. The maximum atomic E-state index is 13.0. The van der Waals surface area contributed by atoms with Crippen LogP contribution in [0.15, 0.2) is 12.1 Å². The summed E-state index contributed by atoms with van der Waals surface area (Å²) in [7, 11) is 0. The van der Waals surface area contributed by atoms with Gasteiger partial charge in [0.15, 0.2) is 29.0 Å². The van der Waals surface area contributed by atoms with Crippen molar-refractivity contribution in [1.82, 2.24) is 0 Å². The highest BCUT2D eigenvalue weighted by molar-refractivity contribution is 6.23. The van der Waals surface area contributed by atoms with Gasteiger partial charge in [-0.25, -0.2) is 0 Å². The molecule has 1 unspecified atom stereocenters. The van der Waals surface area contributed by atoms with Crippen molar-refractivity contribution in [2.75, 3.05) is 6.79 Å². The monoisotopic (exact) mass is 346 g/mol. The molecule has 1 aromatic carbocycles. The molecular weight excluding hydrogens is 324 g/mol. The standard InChI is InChI=1S/C19H22O6/c1-10-12(7-8-13-17(10)24-9-23-13)16(21)14(15(20)11-5-6-11)18(22)25-19(2,3)4/h7-8,11,14H,5-6,9H2,1-4H3. The first kappa shape index (κ1) is 17.5. The highest BCUT2D eigenvalue weighted by Gasteiger charge is 2.45. The van der Waals surface area contributed by atoms with Crippen LogP contribution in [0.1, 0.15) is 49.5 Å². The van der Waals surface area contributed by atoms with Gasteiger partial charge in [0.05, 0.1) is 0 Å². The van der Waals surface area contributed by atoms with Crippen LogP contribution in [0.3, 0.4) is 0 Å². The van der Waals surface area contributed by atoms with Gasteiger partial charge < -0.3 is 14.2 Å². The molecule has 1 aromatic rings. The van der Waals surface area contributed by atoms with E-state index in [1.165, 1.54) is 0 Å². The fourth-order valence-electron chi connectivity index (χ4n) is 2.85. The number of hydrogen-bond donors (Lipinski definition) is 0. The van der Waals surface area contributed by atoms with Crippen LogP contribution in [-0.2, 0) is 14.3 Å². The zero-order chi connectivity index (χ0) is 18.4. The zero-order valence-corrected chi connectivity index (χ0v) is 14.9. The molecule has 0 N–H and O–H groups in total. The minimum atomic E-state index is -1.43. The van der Waals surface area contributed by atoms with Crippen LogP contribution in [0.25, 0.3) is 0 Å². The molecule has 0 saturated heterocycles. The van der Waals surface area contributed by atoms with Gasteiger partial charge >= 0.3 is 5.97 Å². The number of esters is 1. The van der Waals surface area contributed by atoms with Crippen LogP contribution in [0, 0.1) is 18.8 Å². The van der Waals surface area contributed by atoms with Crippen LogP contribution >= 0.6 is 0 Å². The molecule has 1 atom stereocenters. The predicted molar refractivity (Wildman–Crippen MR) is 88.7 cm³/mol. The maximum absolute atomic E-state index is 13.0. The molecule has 0 bridgehead atoms. The molecule has 1 fully saturated rings. The number of carbonyl (C=O) groups excluding carboxylic acids is 3. The third-order valence-corrected chi connectivity index (χ3v) is 4.22. The average molecular weight is 346 g/mol. The summed E-state index contributed by atoms with van der Waals surface area (Å²) in [6.45, 7) is 6.93. The van der Waals surface area contributed by atoms with E-state index in [4.69, 9.17) is 14.2 Å². The summed E-state index contributed by atoms with van der Waals surface area (Å²) >= 11 is 0. The van der Waals surface area contributed by atoms with Crippen LogP contribution in [0.4, 0.5) is 0 Å². The minimum absolute atomic E-state index is 0.0876. The van der Waals surface area contributed by atoms with Crippen molar-refractivity contribution in [3.63, 3.8) is 0 Å². The zero-order valence-electron chi connectivity index (χ0n) is 14.9. The Kier molecular flexibility index (Phi) is 4.31. The van der Waals surface area contributed by atoms with Gasteiger partial charge in [-0.1, -0.05) is 0 Å². The number of benzene rings is 1. The van der Waals surface area contributed by atoms with Gasteiger partial charge in [-0.15, -0.1) is 0 Å². The lowest BCUT2D eigenvalue weighted by molar-refractivity contribution is -0.160. The van der Waals surface area contributed by atoms with E-state index in [1.807, 2.05) is 0 Å². The summed E-state index contributed by atoms with van der Waals surface area (Å²) in [5.41, 5.74) is 0.0786. The lowest BCUT2D eigenvalue weighted by Crippen LogP contribution is -2.38. The second kappa shape index (κ2) is 6.17. The van der Waals surface area contributed by atoms with Crippen LogP contribution in [-0.4, -0.2) is 29.9 Å². The fraction of sp³-hybridized carbons (Fsp3) is 0.526. The van der Waals surface area contributed by atoms with Crippen LogP contribution < -0.4 is 9.47 Å². The van der Waals surface area contributed by atoms with Crippen molar-refractivity contribution in [3.8, 4) is 11.5 Å². The van der Waals surface area contributed by atoms with Gasteiger partial charge in [-0.3, -0.25) is 14.4 Å². The molecule has 6 heteroatoms. The number of fused-ring (bicyclic) bond motifs is 1. The molecule has 6 nitrogen and oxygen atoms in total. The Bertz CT molecular complexity index is 739. The van der Waals surface area contributed by atoms with Gasteiger partial charge in [0.2, 0.25) is 6.79 Å². The number of ether oxygens (including phenoxy) is 3. The predicted octanol–water partition coefficient (Wildman–Crippen LogP) is 2.84. The Balaban J connectivity index is 1.94. The first-order valence-electron chi connectivity index (χ1n) is 8.39. The van der Waals surface area contributed by atoms with E-state index >= 15 is 0 Å². The average Bonchev–Trinajstić information content (AvgIpc) is 3.23. The van der Waals surface area contributed by atoms with Crippen molar-refractivity contribution in [1.29, 1.82) is 0 Å². The minimum Gasteiger partial charge on any atom is -0.459 e. The Hall–Kier alpha value is -2.37. The smallest absolute Gasteiger partial charge is 0.325 e. The summed E-state index contributed by atoms with van der Waals surface area (Å²) in [6, 6.07) is 3.19. The first-order valence-corrected chi connectivity index (χ1v) is 8.39. The molecule has 134 valence electrons. The van der Waals surface area contributed by atoms with Crippen molar-refractivity contribution in [2.45, 2.75) is 46.1 Å². The Morgan fingerprint density at radius 1 is 1.16 bits per heavy atom. The topological polar surface area (TPSA) is 78.9 Å². The van der Waals surface area contributed by atoms with Crippen molar-refractivity contribution < 1.29 is 28.6 Å². The highest BCUT2D eigenvalue weighted by atomic mass is 16.7. The molecule has 2 aliphatic rings. The molecule has 0 spiro atoms. The number of carbonyl (C=O) groups is 3. The maximum Gasteiger partial charge on any atom is 0.325 e. The third-order valence-electron chi connectivity index (χ3n) is 4.22. The molecule has 0 amide bonds. The number of hydrogen-bond acceptors (Lipinski definition) is 6. The lowest BCUT2D eigenvalue weighted by Gasteiger charge is -2.23. The summed E-state index contributed by atoms with van der Waals surface area (Å²) in [4.78, 5) is 38.2. The molecule has 1 aliphatic carbocycles. The number of rotatable bonds is 5. The molecular formula is C19H22O6. The number of ketones is 2. The summed E-state index contributed by atoms with van der Waals surface area (Å²) in [5.74, 6) is -2.30. The lowest BCUT2D eigenvalue weighted by atomic mass is 9.89. The van der Waals surface area contributed by atoms with Gasteiger partial charge in [0.25, 0.3) is 0 Å². The molecule has 25 heavy (non-hydrogen) atoms. The van der Waals surface area contributed by atoms with E-state index in [-0.39, 0.29) is 24.1 Å². The van der Waals surface area contributed by atoms with Gasteiger partial charge in [0.1, 0.15) is 5.60 Å². The molecule has 1 aliphatic heterocycles. The van der Waals surface area contributed by atoms with Gasteiger partial charge in [-0.2, -0.15) is 0 Å². The van der Waals surface area contributed by atoms with Gasteiger partial charge in [-0.05, 0) is 52.7 Å². The summed E-state index contributed by atoms with van der Waals surface area (Å²) in [6.07, 6.45) is 1.43. The largest absolute Gasteiger partial charge is 0.459 e. The van der Waals surface area contributed by atoms with Crippen molar-refractivity contribution in [2.24, 2.45) is 11.8 Å². The highest BCUT2D eigenvalue weighted by Crippen LogP contribution is 2.39. The molecule has 3 rings (SSSR count). The fourth-order valence-corrected chi connectivity index (χ4v) is 2.85. The second-order valence-electron chi connectivity index (χ2n) is 7.48. The molecule has 1 heterocycles. The van der Waals surface area contributed by atoms with E-state index in [9.17, 15) is 14.4 Å². The molecule has 0 aromatic heterocycles. The Morgan fingerprint density at radius 2 is 1.84 bits per heavy atom. The number of Topliss-reactive ketones (excluding diaryl/α,β-unsaturated/α-hetero) is 2. The third kappa shape index (κ3) is 3.52. The van der Waals surface area contributed by atoms with E-state index in [0.29, 0.717) is 29.9 Å². The van der Waals surface area contributed by atoms with E-state index < -0.39 is 23.3 Å². The first-order chi connectivity index (χ1) is 11.7. The van der Waals surface area contributed by atoms with E-state index in [2.05, 4.69) is 0 Å². The van der Waals surface area contributed by atoms with Crippen LogP contribution in [0.5, 0.6) is 11.5 Å². The van der Waals surface area contributed by atoms with E-state index in [0.717, 1.165) is 0 Å². The van der Waals surface area contributed by atoms with E-state index in [1.54, 1.807) is 39.8 Å². The summed E-state index contributed by atoms with van der Waals surface area (Å²) < 4.78 is 16.0. The quantitative estimate of drug-likeness (QED) is 0.463. The summed E-state index contributed by atoms with van der Waals surface area (Å²) in [5, 5.41) is 0. The van der Waals surface area contributed by atoms with Crippen molar-refractivity contribution in [3.05, 3.63) is 23.3 Å². The molecule has 0 radical (unpaired) electrons. The van der Waals surface area contributed by atoms with Crippen LogP contribution in [0.2, 0.25) is 0 Å². The second-order valence-corrected chi connectivity index (χ2v) is 7.48. The Labute approximate surface area is 146 Å². The van der Waals surface area contributed by atoms with Crippen molar-refractivity contribution >= 4 is 17.5 Å².